The Labute approximate surface area is 148 Å². The van der Waals surface area contributed by atoms with Crippen LogP contribution in [0, 0.1) is 5.92 Å². The van der Waals surface area contributed by atoms with Crippen molar-refractivity contribution in [3.8, 4) is 0 Å². The summed E-state index contributed by atoms with van der Waals surface area (Å²) in [6, 6.07) is 17.2. The fourth-order valence-corrected chi connectivity index (χ4v) is 2.86. The zero-order valence-corrected chi connectivity index (χ0v) is 14.4. The molecule has 0 saturated carbocycles. The largest absolute Gasteiger partial charge is 0.356 e. The first-order valence-electron chi connectivity index (χ1n) is 8.64. The molecule has 0 atom stereocenters. The van der Waals surface area contributed by atoms with Crippen molar-refractivity contribution in [3.63, 3.8) is 0 Å². The van der Waals surface area contributed by atoms with Gasteiger partial charge in [-0.3, -0.25) is 9.59 Å². The lowest BCUT2D eigenvalue weighted by atomic mass is 9.99. The number of anilines is 3. The van der Waals surface area contributed by atoms with Crippen molar-refractivity contribution in [3.05, 3.63) is 54.6 Å². The maximum absolute atomic E-state index is 12.2. The third-order valence-corrected chi connectivity index (χ3v) is 4.47. The first-order chi connectivity index (χ1) is 12.1. The van der Waals surface area contributed by atoms with Crippen LogP contribution in [0.1, 0.15) is 19.8 Å². The number of hydrogen-bond donors (Lipinski definition) is 2. The second-order valence-electron chi connectivity index (χ2n) is 6.50. The molecule has 0 unspecified atom stereocenters. The number of carbonyl (C=O) groups is 2. The number of piperidine rings is 1. The smallest absolute Gasteiger partial charge is 0.313 e. The van der Waals surface area contributed by atoms with Gasteiger partial charge < -0.3 is 15.5 Å². The van der Waals surface area contributed by atoms with E-state index in [2.05, 4.69) is 17.6 Å². The number of rotatable bonds is 3. The van der Waals surface area contributed by atoms with Crippen molar-refractivity contribution in [2.24, 2.45) is 5.92 Å². The number of carbonyl (C=O) groups excluding carboxylic acids is 2. The summed E-state index contributed by atoms with van der Waals surface area (Å²) in [6.07, 6.45) is 1.91. The zero-order chi connectivity index (χ0) is 17.6. The van der Waals surface area contributed by atoms with Crippen molar-refractivity contribution >= 4 is 28.9 Å². The van der Waals surface area contributed by atoms with Gasteiger partial charge in [0.1, 0.15) is 0 Å². The van der Waals surface area contributed by atoms with Gasteiger partial charge in [-0.25, -0.2) is 0 Å². The van der Waals surface area contributed by atoms with E-state index in [0.717, 1.165) is 24.2 Å². The Morgan fingerprint density at radius 2 is 1.44 bits per heavy atom. The van der Waals surface area contributed by atoms with E-state index in [1.165, 1.54) is 0 Å². The maximum Gasteiger partial charge on any atom is 0.313 e. The Hall–Kier alpha value is -2.82. The van der Waals surface area contributed by atoms with Gasteiger partial charge in [-0.05, 0) is 55.2 Å². The number of para-hydroxylation sites is 1. The number of likely N-dealkylation sites (tertiary alicyclic amines) is 1. The minimum atomic E-state index is -0.571. The molecule has 1 aliphatic rings. The molecule has 25 heavy (non-hydrogen) atoms. The van der Waals surface area contributed by atoms with Crippen LogP contribution in [0.25, 0.3) is 0 Å². The van der Waals surface area contributed by atoms with E-state index in [1.807, 2.05) is 42.5 Å². The number of amides is 2. The molecule has 2 aromatic rings. The van der Waals surface area contributed by atoms with E-state index in [-0.39, 0.29) is 0 Å². The minimum Gasteiger partial charge on any atom is -0.356 e. The van der Waals surface area contributed by atoms with Crippen LogP contribution >= 0.6 is 0 Å². The molecule has 1 saturated heterocycles. The van der Waals surface area contributed by atoms with Gasteiger partial charge in [-0.1, -0.05) is 25.1 Å². The number of nitrogens with zero attached hydrogens (tertiary/aromatic N) is 1. The molecule has 0 bridgehead atoms. The normalized spacial score (nSPS) is 14.8. The summed E-state index contributed by atoms with van der Waals surface area (Å²) in [7, 11) is 0. The molecule has 3 rings (SSSR count). The molecule has 0 radical (unpaired) electrons. The van der Waals surface area contributed by atoms with Crippen LogP contribution in [0.15, 0.2) is 54.6 Å². The first-order valence-corrected chi connectivity index (χ1v) is 8.64. The van der Waals surface area contributed by atoms with Gasteiger partial charge in [0.2, 0.25) is 0 Å². The van der Waals surface area contributed by atoms with Crippen LogP contribution in [-0.4, -0.2) is 29.8 Å². The summed E-state index contributed by atoms with van der Waals surface area (Å²) < 4.78 is 0. The second kappa shape index (κ2) is 7.83. The summed E-state index contributed by atoms with van der Waals surface area (Å²) in [5.74, 6) is -0.395. The predicted octanol–water partition coefficient (Wildman–Crippen LogP) is 3.63. The van der Waals surface area contributed by atoms with E-state index in [4.69, 9.17) is 0 Å². The maximum atomic E-state index is 12.2. The number of benzene rings is 2. The molecule has 0 aliphatic carbocycles. The van der Waals surface area contributed by atoms with Crippen molar-refractivity contribution in [2.45, 2.75) is 19.8 Å². The number of hydrogen-bond acceptors (Lipinski definition) is 3. The first kappa shape index (κ1) is 17.0. The summed E-state index contributed by atoms with van der Waals surface area (Å²) in [5, 5.41) is 5.96. The van der Waals surface area contributed by atoms with Crippen LogP contribution in [0.3, 0.4) is 0 Å². The Bertz CT molecular complexity index is 720. The van der Waals surface area contributed by atoms with E-state index >= 15 is 0 Å². The molecule has 5 nitrogen and oxygen atoms in total. The molecule has 130 valence electrons. The molecule has 5 heteroatoms. The van der Waals surface area contributed by atoms with Gasteiger partial charge in [0.05, 0.1) is 0 Å². The average molecular weight is 337 g/mol. The third kappa shape index (κ3) is 4.59. The molecule has 2 N–H and O–H groups in total. The van der Waals surface area contributed by atoms with Gasteiger partial charge in [0.25, 0.3) is 0 Å². The lowest BCUT2D eigenvalue weighted by molar-refractivity contribution is -0.144. The highest BCUT2D eigenvalue weighted by Gasteiger charge is 2.25. The lowest BCUT2D eigenvalue weighted by Crippen LogP contribution is -2.43. The molecule has 2 amide bonds. The molecular formula is C20H23N3O2. The Balaban J connectivity index is 1.55. The molecule has 0 aromatic heterocycles. The molecule has 1 fully saturated rings. The highest BCUT2D eigenvalue weighted by molar-refractivity contribution is 6.39. The highest BCUT2D eigenvalue weighted by atomic mass is 16.2. The van der Waals surface area contributed by atoms with Gasteiger partial charge in [-0.15, -0.1) is 0 Å². The standard InChI is InChI=1S/C20H23N3O2/c1-15-11-13-23(14-12-15)20(25)19(24)22-18-9-7-17(8-10-18)21-16-5-3-2-4-6-16/h2-10,15,21H,11-14H2,1H3,(H,22,24). The van der Waals surface area contributed by atoms with E-state index < -0.39 is 11.8 Å². The molecular weight excluding hydrogens is 314 g/mol. The van der Waals surface area contributed by atoms with Crippen molar-refractivity contribution < 1.29 is 9.59 Å². The van der Waals surface area contributed by atoms with E-state index in [0.29, 0.717) is 24.7 Å². The Kier molecular flexibility index (Phi) is 5.33. The summed E-state index contributed by atoms with van der Waals surface area (Å²) in [5.41, 5.74) is 2.52. The monoisotopic (exact) mass is 337 g/mol. The van der Waals surface area contributed by atoms with E-state index in [1.54, 1.807) is 17.0 Å². The quantitative estimate of drug-likeness (QED) is 0.841. The zero-order valence-electron chi connectivity index (χ0n) is 14.4. The average Bonchev–Trinajstić information content (AvgIpc) is 2.64. The van der Waals surface area contributed by atoms with Gasteiger partial charge in [0.15, 0.2) is 0 Å². The van der Waals surface area contributed by atoms with Crippen molar-refractivity contribution in [2.75, 3.05) is 23.7 Å². The molecule has 0 spiro atoms. The lowest BCUT2D eigenvalue weighted by Gasteiger charge is -2.29. The molecule has 1 aliphatic heterocycles. The topological polar surface area (TPSA) is 61.4 Å². The fourth-order valence-electron chi connectivity index (χ4n) is 2.86. The number of nitrogens with one attached hydrogen (secondary N) is 2. The Morgan fingerprint density at radius 1 is 0.880 bits per heavy atom. The highest BCUT2D eigenvalue weighted by Crippen LogP contribution is 2.19. The second-order valence-corrected chi connectivity index (χ2v) is 6.50. The van der Waals surface area contributed by atoms with Crippen LogP contribution in [0.2, 0.25) is 0 Å². The van der Waals surface area contributed by atoms with Gasteiger partial charge in [0, 0.05) is 30.2 Å². The van der Waals surface area contributed by atoms with Crippen molar-refractivity contribution in [1.29, 1.82) is 0 Å². The summed E-state index contributed by atoms with van der Waals surface area (Å²) in [6.45, 7) is 3.49. The summed E-state index contributed by atoms with van der Waals surface area (Å²) >= 11 is 0. The summed E-state index contributed by atoms with van der Waals surface area (Å²) in [4.78, 5) is 26.0. The SMILES string of the molecule is CC1CCN(C(=O)C(=O)Nc2ccc(Nc3ccccc3)cc2)CC1. The van der Waals surface area contributed by atoms with E-state index in [9.17, 15) is 9.59 Å². The van der Waals surface area contributed by atoms with Crippen LogP contribution in [0.5, 0.6) is 0 Å². The Morgan fingerprint density at radius 3 is 2.08 bits per heavy atom. The van der Waals surface area contributed by atoms with Crippen molar-refractivity contribution in [1.82, 2.24) is 4.90 Å². The predicted molar refractivity (Wildman–Crippen MR) is 99.8 cm³/mol. The van der Waals surface area contributed by atoms with Gasteiger partial charge in [-0.2, -0.15) is 0 Å². The van der Waals surface area contributed by atoms with Crippen LogP contribution in [-0.2, 0) is 9.59 Å². The van der Waals surface area contributed by atoms with Crippen LogP contribution in [0.4, 0.5) is 17.1 Å². The fraction of sp³-hybridized carbons (Fsp3) is 0.300. The molecule has 1 heterocycles. The van der Waals surface area contributed by atoms with Crippen LogP contribution < -0.4 is 10.6 Å². The third-order valence-electron chi connectivity index (χ3n) is 4.47. The molecule has 2 aromatic carbocycles. The van der Waals surface area contributed by atoms with Gasteiger partial charge >= 0.3 is 11.8 Å². The minimum absolute atomic E-state index is 0.446.